The maximum absolute atomic E-state index is 12.7. The van der Waals surface area contributed by atoms with E-state index in [1.807, 2.05) is 23.2 Å². The van der Waals surface area contributed by atoms with Crippen LogP contribution in [0.3, 0.4) is 0 Å². The highest BCUT2D eigenvalue weighted by Gasteiger charge is 2.23. The quantitative estimate of drug-likeness (QED) is 0.785. The fourth-order valence-corrected chi connectivity index (χ4v) is 3.42. The van der Waals surface area contributed by atoms with Crippen LogP contribution >= 0.6 is 0 Å². The number of hydrogen-bond acceptors (Lipinski definition) is 7. The molecule has 0 spiro atoms. The maximum atomic E-state index is 12.7. The topological polar surface area (TPSA) is 74.7 Å². The molecular weight excluding hydrogens is 344 g/mol. The Morgan fingerprint density at radius 2 is 1.81 bits per heavy atom. The predicted octanol–water partition coefficient (Wildman–Crippen LogP) is 0.666. The molecule has 0 aromatic carbocycles. The first-order chi connectivity index (χ1) is 13.3. The summed E-state index contributed by atoms with van der Waals surface area (Å²) in [5, 5.41) is 8.41. The lowest BCUT2D eigenvalue weighted by Gasteiger charge is -2.34. The van der Waals surface area contributed by atoms with Crippen LogP contribution in [0.15, 0.2) is 36.7 Å². The zero-order chi connectivity index (χ0) is 18.5. The third kappa shape index (κ3) is 4.40. The number of carbonyl (C=O) groups excluding carboxylic acids is 1. The Labute approximate surface area is 158 Å². The second-order valence-corrected chi connectivity index (χ2v) is 6.81. The number of amides is 1. The van der Waals surface area contributed by atoms with Crippen LogP contribution < -0.4 is 4.90 Å². The highest BCUT2D eigenvalue weighted by molar-refractivity contribution is 5.92. The van der Waals surface area contributed by atoms with E-state index in [1.54, 1.807) is 12.3 Å². The molecule has 4 heterocycles. The van der Waals surface area contributed by atoms with Crippen molar-refractivity contribution in [3.63, 3.8) is 0 Å². The molecule has 0 N–H and O–H groups in total. The number of nitrogens with zero attached hydrogens (tertiary/aromatic N) is 6. The molecule has 0 radical (unpaired) electrons. The van der Waals surface area contributed by atoms with Crippen molar-refractivity contribution >= 4 is 11.7 Å². The van der Waals surface area contributed by atoms with Gasteiger partial charge in [-0.2, -0.15) is 0 Å². The van der Waals surface area contributed by atoms with Crippen LogP contribution in [0.1, 0.15) is 16.1 Å². The third-order valence-corrected chi connectivity index (χ3v) is 4.99. The van der Waals surface area contributed by atoms with Crippen molar-refractivity contribution in [3.8, 4) is 0 Å². The van der Waals surface area contributed by atoms with Crippen LogP contribution in [-0.4, -0.2) is 83.4 Å². The van der Waals surface area contributed by atoms with Crippen LogP contribution in [0.4, 0.5) is 5.82 Å². The monoisotopic (exact) mass is 368 g/mol. The van der Waals surface area contributed by atoms with Crippen molar-refractivity contribution < 1.29 is 9.53 Å². The van der Waals surface area contributed by atoms with Crippen molar-refractivity contribution in [3.05, 3.63) is 47.9 Å². The highest BCUT2D eigenvalue weighted by atomic mass is 16.5. The van der Waals surface area contributed by atoms with Crippen LogP contribution in [0.25, 0.3) is 0 Å². The van der Waals surface area contributed by atoms with Crippen LogP contribution in [0.5, 0.6) is 0 Å². The minimum Gasteiger partial charge on any atom is -0.378 e. The van der Waals surface area contributed by atoms with Gasteiger partial charge in [0.2, 0.25) is 0 Å². The Balaban J connectivity index is 1.31. The summed E-state index contributed by atoms with van der Waals surface area (Å²) in [4.78, 5) is 23.2. The zero-order valence-electron chi connectivity index (χ0n) is 15.3. The lowest BCUT2D eigenvalue weighted by molar-refractivity contribution is 0.0621. The van der Waals surface area contributed by atoms with Crippen molar-refractivity contribution in [1.29, 1.82) is 0 Å². The summed E-state index contributed by atoms with van der Waals surface area (Å²) < 4.78 is 5.35. The molecule has 4 rings (SSSR count). The number of rotatable bonds is 4. The number of aromatic nitrogens is 3. The molecular formula is C19H24N6O2. The molecule has 27 heavy (non-hydrogen) atoms. The van der Waals surface area contributed by atoms with Gasteiger partial charge in [0.1, 0.15) is 0 Å². The average molecular weight is 368 g/mol. The molecule has 0 atom stereocenters. The molecule has 2 aliphatic rings. The molecule has 2 fully saturated rings. The summed E-state index contributed by atoms with van der Waals surface area (Å²) in [7, 11) is 0. The molecule has 8 heteroatoms. The van der Waals surface area contributed by atoms with E-state index >= 15 is 0 Å². The Hall–Kier alpha value is -2.58. The van der Waals surface area contributed by atoms with Gasteiger partial charge in [0, 0.05) is 58.2 Å². The molecule has 0 aliphatic carbocycles. The summed E-state index contributed by atoms with van der Waals surface area (Å²) in [6.07, 6.45) is 3.68. The largest absolute Gasteiger partial charge is 0.378 e. The molecule has 2 aromatic heterocycles. The van der Waals surface area contributed by atoms with Crippen molar-refractivity contribution in [2.24, 2.45) is 0 Å². The van der Waals surface area contributed by atoms with Crippen molar-refractivity contribution in [2.45, 2.75) is 6.54 Å². The van der Waals surface area contributed by atoms with Gasteiger partial charge in [0.05, 0.1) is 13.2 Å². The van der Waals surface area contributed by atoms with Crippen LogP contribution in [-0.2, 0) is 11.3 Å². The first-order valence-corrected chi connectivity index (χ1v) is 9.36. The van der Waals surface area contributed by atoms with Gasteiger partial charge in [-0.05, 0) is 23.8 Å². The number of morpholine rings is 1. The van der Waals surface area contributed by atoms with Gasteiger partial charge in [-0.3, -0.25) is 14.7 Å². The molecule has 2 aromatic rings. The molecule has 142 valence electrons. The summed E-state index contributed by atoms with van der Waals surface area (Å²) >= 11 is 0. The Bertz CT molecular complexity index is 741. The molecule has 0 unspecified atom stereocenters. The smallest absolute Gasteiger partial charge is 0.274 e. The summed E-state index contributed by atoms with van der Waals surface area (Å²) in [6.45, 7) is 6.97. The number of carbonyl (C=O) groups is 1. The van der Waals surface area contributed by atoms with Gasteiger partial charge in [-0.15, -0.1) is 10.2 Å². The number of pyridine rings is 1. The molecule has 2 saturated heterocycles. The van der Waals surface area contributed by atoms with E-state index in [9.17, 15) is 4.79 Å². The van der Waals surface area contributed by atoms with E-state index in [2.05, 4.69) is 31.0 Å². The van der Waals surface area contributed by atoms with Crippen LogP contribution in [0, 0.1) is 0 Å². The molecule has 0 bridgehead atoms. The first kappa shape index (κ1) is 17.8. The SMILES string of the molecule is O=C(c1ccc(N2CCOCC2)nn1)N1CCN(Cc2cccnc2)CC1. The van der Waals surface area contributed by atoms with Gasteiger partial charge in [-0.25, -0.2) is 0 Å². The minimum atomic E-state index is -0.0444. The first-order valence-electron chi connectivity index (χ1n) is 9.36. The van der Waals surface area contributed by atoms with Crippen molar-refractivity contribution in [2.75, 3.05) is 57.4 Å². The molecule has 2 aliphatic heterocycles. The van der Waals surface area contributed by atoms with Crippen molar-refractivity contribution in [1.82, 2.24) is 25.0 Å². The van der Waals surface area contributed by atoms with Gasteiger partial charge >= 0.3 is 0 Å². The fraction of sp³-hybridized carbons (Fsp3) is 0.474. The fourth-order valence-electron chi connectivity index (χ4n) is 3.42. The Kier molecular flexibility index (Phi) is 5.55. The van der Waals surface area contributed by atoms with Gasteiger partial charge in [-0.1, -0.05) is 6.07 Å². The number of hydrogen-bond donors (Lipinski definition) is 0. The summed E-state index contributed by atoms with van der Waals surface area (Å²) in [5.74, 6) is 0.758. The molecule has 1 amide bonds. The van der Waals surface area contributed by atoms with E-state index in [4.69, 9.17) is 4.74 Å². The minimum absolute atomic E-state index is 0.0444. The lowest BCUT2D eigenvalue weighted by Crippen LogP contribution is -2.48. The number of anilines is 1. The lowest BCUT2D eigenvalue weighted by atomic mass is 10.2. The maximum Gasteiger partial charge on any atom is 0.274 e. The Morgan fingerprint density at radius 1 is 1.00 bits per heavy atom. The average Bonchev–Trinajstić information content (AvgIpc) is 2.75. The summed E-state index contributed by atoms with van der Waals surface area (Å²) in [6, 6.07) is 7.69. The molecule has 0 saturated carbocycles. The summed E-state index contributed by atoms with van der Waals surface area (Å²) in [5.41, 5.74) is 1.61. The Morgan fingerprint density at radius 3 is 2.48 bits per heavy atom. The standard InChI is InChI=1S/C19H24N6O2/c26-19(17-3-4-18(22-21-17)24-10-12-27-13-11-24)25-8-6-23(7-9-25)15-16-2-1-5-20-14-16/h1-5,14H,6-13,15H2. The van der Waals surface area contributed by atoms with Gasteiger partial charge < -0.3 is 14.5 Å². The van der Waals surface area contributed by atoms with E-state index in [0.29, 0.717) is 32.0 Å². The second kappa shape index (κ2) is 8.41. The van der Waals surface area contributed by atoms with Crippen LogP contribution in [0.2, 0.25) is 0 Å². The van der Waals surface area contributed by atoms with Gasteiger partial charge in [0.25, 0.3) is 5.91 Å². The number of piperazine rings is 1. The van der Waals surface area contributed by atoms with E-state index in [-0.39, 0.29) is 5.91 Å². The predicted molar refractivity (Wildman–Crippen MR) is 100 cm³/mol. The highest BCUT2D eigenvalue weighted by Crippen LogP contribution is 2.14. The second-order valence-electron chi connectivity index (χ2n) is 6.81. The molecule has 8 nitrogen and oxygen atoms in total. The van der Waals surface area contributed by atoms with E-state index in [0.717, 1.165) is 38.5 Å². The van der Waals surface area contributed by atoms with E-state index in [1.165, 1.54) is 5.56 Å². The van der Waals surface area contributed by atoms with Gasteiger partial charge in [0.15, 0.2) is 11.5 Å². The normalized spacial score (nSPS) is 18.5. The third-order valence-electron chi connectivity index (χ3n) is 4.99. The van der Waals surface area contributed by atoms with E-state index < -0.39 is 0 Å². The zero-order valence-corrected chi connectivity index (χ0v) is 15.3. The number of ether oxygens (including phenoxy) is 1.